The van der Waals surface area contributed by atoms with Crippen LogP contribution in [0, 0.1) is 12.7 Å². The highest BCUT2D eigenvalue weighted by molar-refractivity contribution is 8.00. The maximum absolute atomic E-state index is 13.3. The van der Waals surface area contributed by atoms with Gasteiger partial charge in [0.2, 0.25) is 5.91 Å². The minimum Gasteiger partial charge on any atom is -0.342 e. The lowest BCUT2D eigenvalue weighted by Gasteiger charge is -2.31. The summed E-state index contributed by atoms with van der Waals surface area (Å²) in [5.41, 5.74) is 1.74. The quantitative estimate of drug-likeness (QED) is 0.655. The summed E-state index contributed by atoms with van der Waals surface area (Å²) in [6.45, 7) is 1.75. The first-order valence-corrected chi connectivity index (χ1v) is 11.0. The fraction of sp³-hybridized carbons (Fsp3) is 0.391. The molecule has 0 heterocycles. The molecule has 1 aliphatic carbocycles. The SMILES string of the molecule is Cc1cc(F)ccc1NC(=O)c1ccccc1SCC(=O)N(C)C1CCCCC1. The van der Waals surface area contributed by atoms with Crippen LogP contribution in [0.15, 0.2) is 47.4 Å². The van der Waals surface area contributed by atoms with Crippen molar-refractivity contribution in [2.45, 2.75) is 50.0 Å². The number of nitrogens with one attached hydrogen (secondary N) is 1. The van der Waals surface area contributed by atoms with Crippen LogP contribution in [0.2, 0.25) is 0 Å². The van der Waals surface area contributed by atoms with Gasteiger partial charge in [0.05, 0.1) is 11.3 Å². The van der Waals surface area contributed by atoms with Gasteiger partial charge in [-0.05, 0) is 55.7 Å². The second-order valence-corrected chi connectivity index (χ2v) is 8.51. The molecule has 4 nitrogen and oxygen atoms in total. The van der Waals surface area contributed by atoms with E-state index in [1.807, 2.05) is 24.1 Å². The minimum absolute atomic E-state index is 0.0893. The first kappa shape index (κ1) is 21.4. The Hall–Kier alpha value is -2.34. The number of halogens is 1. The normalized spacial score (nSPS) is 14.4. The molecule has 0 unspecified atom stereocenters. The zero-order chi connectivity index (χ0) is 20.8. The lowest BCUT2D eigenvalue weighted by atomic mass is 9.94. The molecule has 0 saturated heterocycles. The third-order valence-electron chi connectivity index (χ3n) is 5.44. The van der Waals surface area contributed by atoms with Gasteiger partial charge in [0.1, 0.15) is 5.82 Å². The van der Waals surface area contributed by atoms with E-state index in [1.54, 1.807) is 25.1 Å². The van der Waals surface area contributed by atoms with Crippen LogP contribution in [0.1, 0.15) is 48.0 Å². The van der Waals surface area contributed by atoms with E-state index in [4.69, 9.17) is 0 Å². The lowest BCUT2D eigenvalue weighted by Crippen LogP contribution is -2.39. The van der Waals surface area contributed by atoms with Crippen LogP contribution in [0.3, 0.4) is 0 Å². The van der Waals surface area contributed by atoms with Crippen molar-refractivity contribution in [2.75, 3.05) is 18.1 Å². The Morgan fingerprint density at radius 1 is 1.14 bits per heavy atom. The molecule has 2 amide bonds. The summed E-state index contributed by atoms with van der Waals surface area (Å²) in [5.74, 6) is -0.216. The first-order valence-electron chi connectivity index (χ1n) is 10.0. The molecule has 1 fully saturated rings. The second kappa shape index (κ2) is 9.92. The zero-order valence-corrected chi connectivity index (χ0v) is 17.7. The number of thioether (sulfide) groups is 1. The Labute approximate surface area is 175 Å². The van der Waals surface area contributed by atoms with Crippen LogP contribution in [-0.2, 0) is 4.79 Å². The summed E-state index contributed by atoms with van der Waals surface area (Å²) in [6.07, 6.45) is 5.76. The number of hydrogen-bond acceptors (Lipinski definition) is 3. The molecule has 2 aromatic carbocycles. The van der Waals surface area contributed by atoms with Gasteiger partial charge < -0.3 is 10.2 Å². The highest BCUT2D eigenvalue weighted by Gasteiger charge is 2.22. The number of benzene rings is 2. The molecule has 29 heavy (non-hydrogen) atoms. The van der Waals surface area contributed by atoms with E-state index in [9.17, 15) is 14.0 Å². The smallest absolute Gasteiger partial charge is 0.256 e. The molecule has 0 bridgehead atoms. The molecule has 0 radical (unpaired) electrons. The van der Waals surface area contributed by atoms with Crippen molar-refractivity contribution in [3.8, 4) is 0 Å². The number of carbonyl (C=O) groups excluding carboxylic acids is 2. The minimum atomic E-state index is -0.336. The van der Waals surface area contributed by atoms with Crippen molar-refractivity contribution < 1.29 is 14.0 Å². The summed E-state index contributed by atoms with van der Waals surface area (Å²) < 4.78 is 13.3. The van der Waals surface area contributed by atoms with Gasteiger partial charge in [-0.3, -0.25) is 9.59 Å². The van der Waals surface area contributed by atoms with Crippen LogP contribution in [0.5, 0.6) is 0 Å². The second-order valence-electron chi connectivity index (χ2n) is 7.49. The largest absolute Gasteiger partial charge is 0.342 e. The van der Waals surface area contributed by atoms with Crippen molar-refractivity contribution in [2.24, 2.45) is 0 Å². The molecule has 1 N–H and O–H groups in total. The van der Waals surface area contributed by atoms with Crippen molar-refractivity contribution >= 4 is 29.3 Å². The predicted molar refractivity (Wildman–Crippen MR) is 116 cm³/mol. The molecule has 0 aromatic heterocycles. The van der Waals surface area contributed by atoms with Gasteiger partial charge in [-0.15, -0.1) is 11.8 Å². The van der Waals surface area contributed by atoms with Gasteiger partial charge in [0, 0.05) is 23.7 Å². The van der Waals surface area contributed by atoms with Crippen molar-refractivity contribution in [3.05, 3.63) is 59.4 Å². The lowest BCUT2D eigenvalue weighted by molar-refractivity contribution is -0.129. The van der Waals surface area contributed by atoms with Gasteiger partial charge in [0.25, 0.3) is 5.91 Å². The Balaban J connectivity index is 1.65. The van der Waals surface area contributed by atoms with E-state index in [0.717, 1.165) is 17.7 Å². The van der Waals surface area contributed by atoms with Crippen LogP contribution in [-0.4, -0.2) is 35.6 Å². The molecule has 3 rings (SSSR count). The predicted octanol–water partition coefficient (Wildman–Crippen LogP) is 5.27. The third-order valence-corrected chi connectivity index (χ3v) is 6.49. The Kier molecular flexibility index (Phi) is 7.31. The number of amides is 2. The summed E-state index contributed by atoms with van der Waals surface area (Å²) in [5, 5.41) is 2.84. The Morgan fingerprint density at radius 2 is 1.86 bits per heavy atom. The van der Waals surface area contributed by atoms with Crippen molar-refractivity contribution in [1.29, 1.82) is 0 Å². The standard InChI is InChI=1S/C23H27FN2O2S/c1-16-14-17(24)12-13-20(16)25-23(28)19-10-6-7-11-21(19)29-15-22(27)26(2)18-8-4-3-5-9-18/h6-7,10-14,18H,3-5,8-9,15H2,1-2H3,(H,25,28). The van der Waals surface area contributed by atoms with Crippen LogP contribution in [0.4, 0.5) is 10.1 Å². The number of rotatable bonds is 6. The van der Waals surface area contributed by atoms with Crippen LogP contribution >= 0.6 is 11.8 Å². The van der Waals surface area contributed by atoms with E-state index in [-0.39, 0.29) is 17.6 Å². The molecular weight excluding hydrogens is 387 g/mol. The van der Waals surface area contributed by atoms with E-state index >= 15 is 0 Å². The fourth-order valence-corrected chi connectivity index (χ4v) is 4.62. The van der Waals surface area contributed by atoms with E-state index < -0.39 is 0 Å². The number of hydrogen-bond donors (Lipinski definition) is 1. The van der Waals surface area contributed by atoms with Gasteiger partial charge in [-0.1, -0.05) is 31.4 Å². The van der Waals surface area contributed by atoms with Crippen molar-refractivity contribution in [3.63, 3.8) is 0 Å². The molecule has 0 atom stereocenters. The van der Waals surface area contributed by atoms with Crippen molar-refractivity contribution in [1.82, 2.24) is 4.90 Å². The molecule has 6 heteroatoms. The molecule has 1 saturated carbocycles. The van der Waals surface area contributed by atoms with Gasteiger partial charge >= 0.3 is 0 Å². The summed E-state index contributed by atoms with van der Waals surface area (Å²) in [7, 11) is 1.88. The molecule has 154 valence electrons. The summed E-state index contributed by atoms with van der Waals surface area (Å²) in [6, 6.07) is 11.8. The Bertz CT molecular complexity index is 881. The molecule has 2 aromatic rings. The molecule has 0 spiro atoms. The average molecular weight is 415 g/mol. The highest BCUT2D eigenvalue weighted by Crippen LogP contribution is 2.27. The maximum Gasteiger partial charge on any atom is 0.256 e. The first-order chi connectivity index (χ1) is 14.0. The topological polar surface area (TPSA) is 49.4 Å². The Morgan fingerprint density at radius 3 is 2.59 bits per heavy atom. The zero-order valence-electron chi connectivity index (χ0n) is 16.9. The number of nitrogens with zero attached hydrogens (tertiary/aromatic N) is 1. The van der Waals surface area contributed by atoms with E-state index in [2.05, 4.69) is 5.32 Å². The summed E-state index contributed by atoms with van der Waals surface area (Å²) in [4.78, 5) is 28.0. The number of carbonyl (C=O) groups is 2. The monoisotopic (exact) mass is 414 g/mol. The van der Waals surface area contributed by atoms with Gasteiger partial charge in [-0.2, -0.15) is 0 Å². The van der Waals surface area contributed by atoms with E-state index in [0.29, 0.717) is 28.6 Å². The molecule has 1 aliphatic rings. The van der Waals surface area contributed by atoms with Crippen LogP contribution < -0.4 is 5.32 Å². The average Bonchev–Trinajstić information content (AvgIpc) is 2.74. The number of anilines is 1. The van der Waals surface area contributed by atoms with Crippen LogP contribution in [0.25, 0.3) is 0 Å². The highest BCUT2D eigenvalue weighted by atomic mass is 32.2. The van der Waals surface area contributed by atoms with Gasteiger partial charge in [0.15, 0.2) is 0 Å². The van der Waals surface area contributed by atoms with E-state index in [1.165, 1.54) is 43.2 Å². The number of aryl methyl sites for hydroxylation is 1. The third kappa shape index (κ3) is 5.60. The fourth-order valence-electron chi connectivity index (χ4n) is 3.65. The maximum atomic E-state index is 13.3. The van der Waals surface area contributed by atoms with Gasteiger partial charge in [-0.25, -0.2) is 4.39 Å². The molecular formula is C23H27FN2O2S. The summed E-state index contributed by atoms with van der Waals surface area (Å²) >= 11 is 1.38. The molecule has 0 aliphatic heterocycles.